The highest BCUT2D eigenvalue weighted by Gasteiger charge is 2.17. The summed E-state index contributed by atoms with van der Waals surface area (Å²) in [6, 6.07) is 5.27. The quantitative estimate of drug-likeness (QED) is 0.917. The lowest BCUT2D eigenvalue weighted by Gasteiger charge is -2.26. The minimum absolute atomic E-state index is 0.0166. The molecule has 1 unspecified atom stereocenters. The number of halogens is 1. The number of rotatable bonds is 4. The SMILES string of the molecule is CC(N)c1ccc(OCC(=O)N2CCOCC2)c(Cl)c1. The molecule has 0 aromatic heterocycles. The van der Waals surface area contributed by atoms with Crippen molar-refractivity contribution in [1.29, 1.82) is 0 Å². The third-order valence-corrected chi connectivity index (χ3v) is 3.49. The third kappa shape index (κ3) is 3.85. The molecule has 1 aromatic carbocycles. The lowest BCUT2D eigenvalue weighted by molar-refractivity contribution is -0.137. The number of hydrogen-bond donors (Lipinski definition) is 1. The van der Waals surface area contributed by atoms with Crippen molar-refractivity contribution in [2.45, 2.75) is 13.0 Å². The first-order valence-corrected chi connectivity index (χ1v) is 6.99. The van der Waals surface area contributed by atoms with Gasteiger partial charge in [0.15, 0.2) is 6.61 Å². The molecule has 1 heterocycles. The van der Waals surface area contributed by atoms with E-state index in [0.29, 0.717) is 37.1 Å². The molecule has 2 rings (SSSR count). The number of ether oxygens (including phenoxy) is 2. The lowest BCUT2D eigenvalue weighted by Crippen LogP contribution is -2.43. The molecule has 0 spiro atoms. The van der Waals surface area contributed by atoms with E-state index in [1.807, 2.05) is 13.0 Å². The minimum atomic E-state index is -0.0865. The summed E-state index contributed by atoms with van der Waals surface area (Å²) < 4.78 is 10.7. The van der Waals surface area contributed by atoms with Gasteiger partial charge in [0.2, 0.25) is 0 Å². The van der Waals surface area contributed by atoms with Crippen molar-refractivity contribution in [2.75, 3.05) is 32.9 Å². The van der Waals surface area contributed by atoms with Crippen molar-refractivity contribution in [3.63, 3.8) is 0 Å². The number of nitrogens with two attached hydrogens (primary N) is 1. The minimum Gasteiger partial charge on any atom is -0.482 e. The molecular weight excluding hydrogens is 280 g/mol. The molecule has 1 saturated heterocycles. The molecule has 0 saturated carbocycles. The Labute approximate surface area is 123 Å². The Bertz CT molecular complexity index is 473. The van der Waals surface area contributed by atoms with E-state index >= 15 is 0 Å². The summed E-state index contributed by atoms with van der Waals surface area (Å²) >= 11 is 6.12. The average Bonchev–Trinajstić information content (AvgIpc) is 2.46. The number of morpholine rings is 1. The van der Waals surface area contributed by atoms with Crippen LogP contribution in [0.25, 0.3) is 0 Å². The van der Waals surface area contributed by atoms with Gasteiger partial charge in [-0.15, -0.1) is 0 Å². The van der Waals surface area contributed by atoms with E-state index in [1.54, 1.807) is 17.0 Å². The van der Waals surface area contributed by atoms with Crippen LogP contribution in [-0.2, 0) is 9.53 Å². The van der Waals surface area contributed by atoms with Gasteiger partial charge in [-0.1, -0.05) is 17.7 Å². The summed E-state index contributed by atoms with van der Waals surface area (Å²) in [7, 11) is 0. The van der Waals surface area contributed by atoms with Crippen LogP contribution in [0, 0.1) is 0 Å². The number of nitrogens with zero attached hydrogens (tertiary/aromatic N) is 1. The zero-order chi connectivity index (χ0) is 14.5. The van der Waals surface area contributed by atoms with Gasteiger partial charge in [-0.05, 0) is 24.6 Å². The Hall–Kier alpha value is -1.30. The van der Waals surface area contributed by atoms with Crippen LogP contribution in [0.5, 0.6) is 5.75 Å². The molecule has 0 radical (unpaired) electrons. The first-order valence-electron chi connectivity index (χ1n) is 6.61. The zero-order valence-electron chi connectivity index (χ0n) is 11.5. The number of amides is 1. The van der Waals surface area contributed by atoms with Crippen molar-refractivity contribution >= 4 is 17.5 Å². The van der Waals surface area contributed by atoms with Crippen molar-refractivity contribution < 1.29 is 14.3 Å². The predicted molar refractivity (Wildman–Crippen MR) is 76.9 cm³/mol. The van der Waals surface area contributed by atoms with Crippen LogP contribution in [0.4, 0.5) is 0 Å². The summed E-state index contributed by atoms with van der Waals surface area (Å²) in [6.45, 7) is 4.25. The van der Waals surface area contributed by atoms with E-state index in [-0.39, 0.29) is 18.6 Å². The van der Waals surface area contributed by atoms with E-state index in [1.165, 1.54) is 0 Å². The van der Waals surface area contributed by atoms with E-state index in [4.69, 9.17) is 26.8 Å². The van der Waals surface area contributed by atoms with Gasteiger partial charge >= 0.3 is 0 Å². The average molecular weight is 299 g/mol. The Balaban J connectivity index is 1.91. The fourth-order valence-corrected chi connectivity index (χ4v) is 2.20. The van der Waals surface area contributed by atoms with Crippen molar-refractivity contribution in [1.82, 2.24) is 4.90 Å². The topological polar surface area (TPSA) is 64.8 Å². The number of carbonyl (C=O) groups excluding carboxylic acids is 1. The van der Waals surface area contributed by atoms with Gasteiger partial charge in [0, 0.05) is 19.1 Å². The second-order valence-electron chi connectivity index (χ2n) is 4.76. The van der Waals surface area contributed by atoms with Gasteiger partial charge in [0.25, 0.3) is 5.91 Å². The van der Waals surface area contributed by atoms with E-state index in [2.05, 4.69) is 0 Å². The molecule has 0 aliphatic carbocycles. The van der Waals surface area contributed by atoms with Gasteiger partial charge in [-0.25, -0.2) is 0 Å². The van der Waals surface area contributed by atoms with Crippen LogP contribution >= 0.6 is 11.6 Å². The predicted octanol–water partition coefficient (Wildman–Crippen LogP) is 1.60. The van der Waals surface area contributed by atoms with Crippen molar-refractivity contribution in [3.05, 3.63) is 28.8 Å². The lowest BCUT2D eigenvalue weighted by atomic mass is 10.1. The summed E-state index contributed by atoms with van der Waals surface area (Å²) in [6.07, 6.45) is 0. The van der Waals surface area contributed by atoms with Crippen LogP contribution in [0.2, 0.25) is 5.02 Å². The smallest absolute Gasteiger partial charge is 0.260 e. The zero-order valence-corrected chi connectivity index (χ0v) is 12.2. The van der Waals surface area contributed by atoms with E-state index in [9.17, 15) is 4.79 Å². The number of hydrogen-bond acceptors (Lipinski definition) is 4. The molecule has 110 valence electrons. The highest BCUT2D eigenvalue weighted by atomic mass is 35.5. The van der Waals surface area contributed by atoms with Gasteiger partial charge in [-0.3, -0.25) is 4.79 Å². The van der Waals surface area contributed by atoms with Crippen LogP contribution in [-0.4, -0.2) is 43.7 Å². The Morgan fingerprint density at radius 3 is 2.80 bits per heavy atom. The highest BCUT2D eigenvalue weighted by molar-refractivity contribution is 6.32. The normalized spacial score (nSPS) is 16.9. The van der Waals surface area contributed by atoms with Crippen molar-refractivity contribution in [2.24, 2.45) is 5.73 Å². The van der Waals surface area contributed by atoms with Gasteiger partial charge < -0.3 is 20.1 Å². The fraction of sp³-hybridized carbons (Fsp3) is 0.500. The maximum absolute atomic E-state index is 11.9. The first kappa shape index (κ1) is 15.1. The molecular formula is C14H19ClN2O3. The Kier molecular flexibility index (Phi) is 5.23. The van der Waals surface area contributed by atoms with Crippen LogP contribution < -0.4 is 10.5 Å². The van der Waals surface area contributed by atoms with E-state index < -0.39 is 0 Å². The molecule has 2 N–H and O–H groups in total. The molecule has 20 heavy (non-hydrogen) atoms. The molecule has 5 nitrogen and oxygen atoms in total. The van der Waals surface area contributed by atoms with Gasteiger partial charge in [0.1, 0.15) is 5.75 Å². The summed E-state index contributed by atoms with van der Waals surface area (Å²) in [5.74, 6) is 0.443. The largest absolute Gasteiger partial charge is 0.482 e. The summed E-state index contributed by atoms with van der Waals surface area (Å²) in [4.78, 5) is 13.7. The standard InChI is InChI=1S/C14H19ClN2O3/c1-10(16)11-2-3-13(12(15)8-11)20-9-14(18)17-4-6-19-7-5-17/h2-3,8,10H,4-7,9,16H2,1H3. The summed E-state index contributed by atoms with van der Waals surface area (Å²) in [5.41, 5.74) is 6.71. The van der Waals surface area contributed by atoms with Gasteiger partial charge in [-0.2, -0.15) is 0 Å². The second kappa shape index (κ2) is 6.92. The maximum Gasteiger partial charge on any atom is 0.260 e. The third-order valence-electron chi connectivity index (χ3n) is 3.20. The van der Waals surface area contributed by atoms with Crippen LogP contribution in [0.3, 0.4) is 0 Å². The molecule has 1 atom stereocenters. The highest BCUT2D eigenvalue weighted by Crippen LogP contribution is 2.27. The monoisotopic (exact) mass is 298 g/mol. The molecule has 1 amide bonds. The molecule has 1 fully saturated rings. The molecule has 0 bridgehead atoms. The van der Waals surface area contributed by atoms with Gasteiger partial charge in [0.05, 0.1) is 18.2 Å². The number of benzene rings is 1. The molecule has 1 aromatic rings. The van der Waals surface area contributed by atoms with Crippen LogP contribution in [0.15, 0.2) is 18.2 Å². The van der Waals surface area contributed by atoms with Crippen LogP contribution in [0.1, 0.15) is 18.5 Å². The first-order chi connectivity index (χ1) is 9.58. The molecule has 1 aliphatic heterocycles. The fourth-order valence-electron chi connectivity index (χ4n) is 1.96. The Morgan fingerprint density at radius 2 is 2.20 bits per heavy atom. The second-order valence-corrected chi connectivity index (χ2v) is 5.17. The Morgan fingerprint density at radius 1 is 1.50 bits per heavy atom. The maximum atomic E-state index is 11.9. The number of carbonyl (C=O) groups is 1. The summed E-state index contributed by atoms with van der Waals surface area (Å²) in [5, 5.41) is 0.467. The molecule has 1 aliphatic rings. The van der Waals surface area contributed by atoms with E-state index in [0.717, 1.165) is 5.56 Å². The van der Waals surface area contributed by atoms with Crippen molar-refractivity contribution in [3.8, 4) is 5.75 Å². The molecule has 6 heteroatoms.